The van der Waals surface area contributed by atoms with Gasteiger partial charge in [-0.3, -0.25) is 14.8 Å². The largest absolute Gasteiger partial charge is 0.353 e. The first-order chi connectivity index (χ1) is 13.8. The van der Waals surface area contributed by atoms with Gasteiger partial charge in [0.2, 0.25) is 5.91 Å². The Bertz CT molecular complexity index is 909. The number of aryl methyl sites for hydroxylation is 2. The van der Waals surface area contributed by atoms with Crippen molar-refractivity contribution in [3.63, 3.8) is 0 Å². The Hall–Kier alpha value is -3.09. The lowest BCUT2D eigenvalue weighted by Crippen LogP contribution is -2.35. The summed E-state index contributed by atoms with van der Waals surface area (Å²) >= 11 is 0. The Kier molecular flexibility index (Phi) is 5.70. The number of hydrogen-bond donors (Lipinski definition) is 1. The Morgan fingerprint density at radius 2 is 2.04 bits per heavy atom. The molecule has 7 nitrogen and oxygen atoms in total. The molecule has 3 aromatic rings. The number of nitrogens with zero attached hydrogens (tertiary/aromatic N) is 5. The van der Waals surface area contributed by atoms with E-state index in [0.717, 1.165) is 49.6 Å². The predicted molar refractivity (Wildman–Crippen MR) is 104 cm³/mol. The zero-order valence-corrected chi connectivity index (χ0v) is 15.8. The van der Waals surface area contributed by atoms with Crippen LogP contribution in [0.5, 0.6) is 0 Å². The Labute approximate surface area is 164 Å². The van der Waals surface area contributed by atoms with Crippen LogP contribution in [0.15, 0.2) is 48.9 Å². The molecule has 28 heavy (non-hydrogen) atoms. The second kappa shape index (κ2) is 8.73. The number of nitrogens with one attached hydrogen (secondary N) is 1. The first kappa shape index (κ1) is 18.3. The Morgan fingerprint density at radius 1 is 1.14 bits per heavy atom. The summed E-state index contributed by atoms with van der Waals surface area (Å²) in [6, 6.07) is 10.5. The Balaban J connectivity index is 1.31. The number of carbonyl (C=O) groups is 1. The van der Waals surface area contributed by atoms with Gasteiger partial charge in [0.25, 0.3) is 0 Å². The quantitative estimate of drug-likeness (QED) is 0.712. The summed E-state index contributed by atoms with van der Waals surface area (Å²) in [6.07, 6.45) is 9.43. The number of fused-ring (bicyclic) bond motifs is 1. The molecule has 1 aliphatic rings. The van der Waals surface area contributed by atoms with Gasteiger partial charge in [0.05, 0.1) is 5.69 Å². The molecule has 1 aliphatic heterocycles. The van der Waals surface area contributed by atoms with Crippen molar-refractivity contribution < 1.29 is 4.79 Å². The van der Waals surface area contributed by atoms with E-state index in [4.69, 9.17) is 0 Å². The number of hydrogen-bond acceptors (Lipinski definition) is 5. The first-order valence-electron chi connectivity index (χ1n) is 9.77. The van der Waals surface area contributed by atoms with Gasteiger partial charge in [-0.1, -0.05) is 30.3 Å². The topological polar surface area (TPSA) is 85.6 Å². The number of carbonyl (C=O) groups excluding carboxylic acids is 1. The van der Waals surface area contributed by atoms with Crippen molar-refractivity contribution in [2.45, 2.75) is 51.1 Å². The maximum absolute atomic E-state index is 12.3. The minimum absolute atomic E-state index is 0.0674. The zero-order chi connectivity index (χ0) is 19.2. The Morgan fingerprint density at radius 3 is 2.86 bits per heavy atom. The van der Waals surface area contributed by atoms with Crippen molar-refractivity contribution >= 4 is 5.91 Å². The minimum Gasteiger partial charge on any atom is -0.353 e. The minimum atomic E-state index is 0.0674. The fourth-order valence-corrected chi connectivity index (χ4v) is 3.60. The van der Waals surface area contributed by atoms with Crippen molar-refractivity contribution in [3.8, 4) is 0 Å². The molecule has 1 aromatic carbocycles. The van der Waals surface area contributed by atoms with Crippen LogP contribution in [0.3, 0.4) is 0 Å². The maximum Gasteiger partial charge on any atom is 0.220 e. The molecule has 3 heterocycles. The van der Waals surface area contributed by atoms with Crippen molar-refractivity contribution in [2.75, 3.05) is 0 Å². The van der Waals surface area contributed by atoms with Crippen LogP contribution in [0.1, 0.15) is 42.2 Å². The molecule has 2 aromatic heterocycles. The van der Waals surface area contributed by atoms with E-state index in [0.29, 0.717) is 12.8 Å². The van der Waals surface area contributed by atoms with Gasteiger partial charge in [-0.15, -0.1) is 10.2 Å². The van der Waals surface area contributed by atoms with E-state index in [1.165, 1.54) is 5.56 Å². The van der Waals surface area contributed by atoms with Crippen LogP contribution in [0.2, 0.25) is 0 Å². The van der Waals surface area contributed by atoms with Gasteiger partial charge >= 0.3 is 0 Å². The van der Waals surface area contributed by atoms with E-state index >= 15 is 0 Å². The average Bonchev–Trinajstić information content (AvgIpc) is 2.99. The molecule has 0 saturated heterocycles. The highest BCUT2D eigenvalue weighted by molar-refractivity contribution is 5.76. The van der Waals surface area contributed by atoms with Crippen LogP contribution < -0.4 is 5.32 Å². The van der Waals surface area contributed by atoms with E-state index in [1.54, 1.807) is 18.6 Å². The van der Waals surface area contributed by atoms with Crippen molar-refractivity contribution in [3.05, 3.63) is 71.8 Å². The van der Waals surface area contributed by atoms with Crippen molar-refractivity contribution in [1.29, 1.82) is 0 Å². The summed E-state index contributed by atoms with van der Waals surface area (Å²) in [5.74, 6) is 2.08. The molecule has 144 valence electrons. The SMILES string of the molecule is O=C(CCc1cnccn1)NC1CCc2nnc(Cc3ccccc3)n2CC1. The number of benzene rings is 1. The molecule has 0 fully saturated rings. The summed E-state index contributed by atoms with van der Waals surface area (Å²) in [6.45, 7) is 0.833. The van der Waals surface area contributed by atoms with Gasteiger partial charge in [-0.25, -0.2) is 0 Å². The lowest BCUT2D eigenvalue weighted by Gasteiger charge is -2.16. The second-order valence-electron chi connectivity index (χ2n) is 7.14. The normalized spacial score (nSPS) is 16.2. The summed E-state index contributed by atoms with van der Waals surface area (Å²) in [7, 11) is 0. The molecule has 1 amide bonds. The monoisotopic (exact) mass is 376 g/mol. The van der Waals surface area contributed by atoms with E-state index in [9.17, 15) is 4.79 Å². The van der Waals surface area contributed by atoms with Gasteiger partial charge in [-0.2, -0.15) is 0 Å². The van der Waals surface area contributed by atoms with Crippen LogP contribution in [0.4, 0.5) is 0 Å². The second-order valence-corrected chi connectivity index (χ2v) is 7.14. The molecule has 0 spiro atoms. The maximum atomic E-state index is 12.3. The smallest absolute Gasteiger partial charge is 0.220 e. The van der Waals surface area contributed by atoms with Gasteiger partial charge in [-0.05, 0) is 24.8 Å². The summed E-state index contributed by atoms with van der Waals surface area (Å²) < 4.78 is 2.22. The standard InChI is InChI=1S/C21H24N6O/c28-21(9-7-18-15-22-11-12-23-18)24-17-6-8-19-25-26-20(27(19)13-10-17)14-16-4-2-1-3-5-16/h1-5,11-12,15,17H,6-10,13-14H2,(H,24,28). The third-order valence-corrected chi connectivity index (χ3v) is 5.12. The lowest BCUT2D eigenvalue weighted by molar-refractivity contribution is -0.121. The van der Waals surface area contributed by atoms with Gasteiger partial charge in [0.1, 0.15) is 11.6 Å². The molecule has 1 N–H and O–H groups in total. The van der Waals surface area contributed by atoms with Crippen LogP contribution in [-0.4, -0.2) is 36.7 Å². The molecular weight excluding hydrogens is 352 g/mol. The van der Waals surface area contributed by atoms with Crippen molar-refractivity contribution in [1.82, 2.24) is 30.0 Å². The number of amides is 1. The fourth-order valence-electron chi connectivity index (χ4n) is 3.60. The number of rotatable bonds is 6. The lowest BCUT2D eigenvalue weighted by atomic mass is 10.1. The van der Waals surface area contributed by atoms with E-state index < -0.39 is 0 Å². The van der Waals surface area contributed by atoms with Crippen LogP contribution in [0, 0.1) is 0 Å². The third-order valence-electron chi connectivity index (χ3n) is 5.12. The van der Waals surface area contributed by atoms with Crippen LogP contribution >= 0.6 is 0 Å². The molecule has 0 bridgehead atoms. The van der Waals surface area contributed by atoms with E-state index in [-0.39, 0.29) is 11.9 Å². The highest BCUT2D eigenvalue weighted by Gasteiger charge is 2.21. The summed E-state index contributed by atoms with van der Waals surface area (Å²) in [5.41, 5.74) is 2.08. The summed E-state index contributed by atoms with van der Waals surface area (Å²) in [4.78, 5) is 20.6. The average molecular weight is 376 g/mol. The predicted octanol–water partition coefficient (Wildman–Crippen LogP) is 2.11. The van der Waals surface area contributed by atoms with E-state index in [1.807, 2.05) is 18.2 Å². The van der Waals surface area contributed by atoms with Crippen LogP contribution in [-0.2, 0) is 30.6 Å². The van der Waals surface area contributed by atoms with Crippen molar-refractivity contribution in [2.24, 2.45) is 0 Å². The molecule has 0 aliphatic carbocycles. The van der Waals surface area contributed by atoms with E-state index in [2.05, 4.69) is 42.2 Å². The fraction of sp³-hybridized carbons (Fsp3) is 0.381. The molecule has 4 rings (SSSR count). The number of aromatic nitrogens is 5. The molecule has 0 radical (unpaired) electrons. The van der Waals surface area contributed by atoms with Gasteiger partial charge in [0, 0.05) is 50.4 Å². The third kappa shape index (κ3) is 4.60. The molecule has 1 atom stereocenters. The molecule has 1 unspecified atom stereocenters. The first-order valence-corrected chi connectivity index (χ1v) is 9.77. The highest BCUT2D eigenvalue weighted by Crippen LogP contribution is 2.17. The van der Waals surface area contributed by atoms with Crippen LogP contribution in [0.25, 0.3) is 0 Å². The highest BCUT2D eigenvalue weighted by atomic mass is 16.1. The van der Waals surface area contributed by atoms with Gasteiger partial charge in [0.15, 0.2) is 0 Å². The van der Waals surface area contributed by atoms with Gasteiger partial charge < -0.3 is 9.88 Å². The molecule has 0 saturated carbocycles. The molecule has 7 heteroatoms. The zero-order valence-electron chi connectivity index (χ0n) is 15.8. The summed E-state index contributed by atoms with van der Waals surface area (Å²) in [5, 5.41) is 12.0. The molecular formula is C21H24N6O.